The highest BCUT2D eigenvalue weighted by molar-refractivity contribution is 5.88. The first kappa shape index (κ1) is 16.8. The molecule has 0 bridgehead atoms. The molecule has 25 heavy (non-hydrogen) atoms. The fourth-order valence-corrected chi connectivity index (χ4v) is 2.71. The topological polar surface area (TPSA) is 50.4 Å². The van der Waals surface area contributed by atoms with Crippen molar-refractivity contribution in [2.24, 2.45) is 0 Å². The number of hydrogen-bond donors (Lipinski definition) is 2. The van der Waals surface area contributed by atoms with Crippen molar-refractivity contribution in [3.63, 3.8) is 0 Å². The molecule has 0 aliphatic rings. The van der Waals surface area contributed by atoms with Crippen LogP contribution in [0, 0.1) is 6.92 Å². The zero-order valence-electron chi connectivity index (χ0n) is 14.3. The van der Waals surface area contributed by atoms with Crippen LogP contribution in [0.1, 0.15) is 11.1 Å². The molecule has 0 aliphatic heterocycles. The summed E-state index contributed by atoms with van der Waals surface area (Å²) in [7, 11) is 0. The summed E-state index contributed by atoms with van der Waals surface area (Å²) in [5, 5.41) is 7.88. The lowest BCUT2D eigenvalue weighted by Gasteiger charge is -2.11. The molecule has 0 heterocycles. The first-order valence-electron chi connectivity index (χ1n) is 8.40. The zero-order chi connectivity index (χ0) is 17.5. The number of hydrogen-bond acceptors (Lipinski definition) is 2. The number of nitrogens with one attached hydrogen (secondary N) is 2. The van der Waals surface area contributed by atoms with Gasteiger partial charge in [0.1, 0.15) is 12.4 Å². The molecule has 0 spiro atoms. The van der Waals surface area contributed by atoms with Gasteiger partial charge in [-0.25, -0.2) is 4.79 Å². The molecule has 3 aromatic rings. The Balaban J connectivity index is 1.42. The Morgan fingerprint density at radius 2 is 1.76 bits per heavy atom. The third-order valence-electron chi connectivity index (χ3n) is 3.93. The molecule has 0 aromatic heterocycles. The molecule has 4 heteroatoms. The van der Waals surface area contributed by atoms with Crippen molar-refractivity contribution < 1.29 is 9.53 Å². The van der Waals surface area contributed by atoms with E-state index in [4.69, 9.17) is 4.74 Å². The van der Waals surface area contributed by atoms with Crippen LogP contribution in [0.3, 0.4) is 0 Å². The van der Waals surface area contributed by atoms with Crippen LogP contribution in [0.4, 0.5) is 4.79 Å². The van der Waals surface area contributed by atoms with Gasteiger partial charge in [-0.1, -0.05) is 66.2 Å². The number of rotatable bonds is 6. The van der Waals surface area contributed by atoms with Gasteiger partial charge in [-0.15, -0.1) is 0 Å². The van der Waals surface area contributed by atoms with Crippen LogP contribution in [-0.4, -0.2) is 19.2 Å². The number of urea groups is 1. The van der Waals surface area contributed by atoms with Gasteiger partial charge in [-0.3, -0.25) is 0 Å². The van der Waals surface area contributed by atoms with E-state index in [1.54, 1.807) is 0 Å². The lowest BCUT2D eigenvalue weighted by atomic mass is 10.1. The van der Waals surface area contributed by atoms with Crippen LogP contribution >= 0.6 is 0 Å². The maximum absolute atomic E-state index is 11.8. The third-order valence-corrected chi connectivity index (χ3v) is 3.93. The van der Waals surface area contributed by atoms with E-state index in [1.807, 2.05) is 55.5 Å². The lowest BCUT2D eigenvalue weighted by molar-refractivity contribution is 0.236. The monoisotopic (exact) mass is 334 g/mol. The highest BCUT2D eigenvalue weighted by atomic mass is 16.5. The van der Waals surface area contributed by atoms with Gasteiger partial charge in [0.15, 0.2) is 0 Å². The van der Waals surface area contributed by atoms with Crippen LogP contribution in [0.15, 0.2) is 66.7 Å². The zero-order valence-corrected chi connectivity index (χ0v) is 14.3. The Bertz CT molecular complexity index is 856. The molecule has 3 aromatic carbocycles. The number of carbonyl (C=O) groups is 1. The molecule has 3 rings (SSSR count). The molecule has 0 saturated carbocycles. The quantitative estimate of drug-likeness (QED) is 0.669. The van der Waals surface area contributed by atoms with Gasteiger partial charge in [-0.2, -0.15) is 0 Å². The molecular formula is C21H22N2O2. The maximum atomic E-state index is 11.8. The van der Waals surface area contributed by atoms with Gasteiger partial charge in [0.2, 0.25) is 0 Å². The number of ether oxygens (including phenoxy) is 1. The molecule has 0 fully saturated rings. The van der Waals surface area contributed by atoms with E-state index in [9.17, 15) is 4.79 Å². The Morgan fingerprint density at radius 3 is 2.64 bits per heavy atom. The summed E-state index contributed by atoms with van der Waals surface area (Å²) < 4.78 is 5.81. The summed E-state index contributed by atoms with van der Waals surface area (Å²) in [5.41, 5.74) is 2.27. The molecule has 0 saturated heterocycles. The second-order valence-electron chi connectivity index (χ2n) is 5.92. The lowest BCUT2D eigenvalue weighted by Crippen LogP contribution is -2.37. The van der Waals surface area contributed by atoms with Crippen LogP contribution in [0.2, 0.25) is 0 Å². The van der Waals surface area contributed by atoms with Gasteiger partial charge >= 0.3 is 6.03 Å². The van der Waals surface area contributed by atoms with E-state index in [0.29, 0.717) is 19.7 Å². The molecule has 0 unspecified atom stereocenters. The average molecular weight is 334 g/mol. The normalized spacial score (nSPS) is 10.4. The van der Waals surface area contributed by atoms with Crippen LogP contribution in [0.25, 0.3) is 10.8 Å². The van der Waals surface area contributed by atoms with Crippen molar-refractivity contribution in [3.05, 3.63) is 77.9 Å². The van der Waals surface area contributed by atoms with E-state index in [1.165, 1.54) is 5.56 Å². The van der Waals surface area contributed by atoms with Gasteiger partial charge < -0.3 is 15.4 Å². The molecule has 0 atom stereocenters. The van der Waals surface area contributed by atoms with Crippen molar-refractivity contribution in [3.8, 4) is 5.75 Å². The summed E-state index contributed by atoms with van der Waals surface area (Å²) >= 11 is 0. The smallest absolute Gasteiger partial charge is 0.315 e. The minimum Gasteiger partial charge on any atom is -0.491 e. The van der Waals surface area contributed by atoms with Gasteiger partial charge in [0, 0.05) is 11.9 Å². The summed E-state index contributed by atoms with van der Waals surface area (Å²) in [5.74, 6) is 0.833. The van der Waals surface area contributed by atoms with E-state index in [2.05, 4.69) is 28.8 Å². The largest absolute Gasteiger partial charge is 0.491 e. The minimum atomic E-state index is -0.192. The molecule has 2 amide bonds. The second-order valence-corrected chi connectivity index (χ2v) is 5.92. The first-order valence-corrected chi connectivity index (χ1v) is 8.40. The summed E-state index contributed by atoms with van der Waals surface area (Å²) in [4.78, 5) is 11.8. The first-order chi connectivity index (χ1) is 12.2. The third kappa shape index (κ3) is 4.73. The predicted octanol–water partition coefficient (Wildman–Crippen LogP) is 4.03. The van der Waals surface area contributed by atoms with E-state index >= 15 is 0 Å². The number of fused-ring (bicyclic) bond motifs is 1. The second kappa shape index (κ2) is 8.20. The van der Waals surface area contributed by atoms with Gasteiger partial charge in [-0.05, 0) is 23.9 Å². The molecule has 128 valence electrons. The Hall–Kier alpha value is -3.01. The fourth-order valence-electron chi connectivity index (χ4n) is 2.71. The molecular weight excluding hydrogens is 312 g/mol. The number of aryl methyl sites for hydroxylation is 1. The minimum absolute atomic E-state index is 0.192. The highest BCUT2D eigenvalue weighted by Gasteiger charge is 2.03. The Kier molecular flexibility index (Phi) is 5.52. The SMILES string of the molecule is Cc1cccc(CNC(=O)NCCOc2cccc3ccccc23)c1. The maximum Gasteiger partial charge on any atom is 0.315 e. The Morgan fingerprint density at radius 1 is 0.960 bits per heavy atom. The standard InChI is InChI=1S/C21H22N2O2/c1-16-6-4-7-17(14-16)15-23-21(24)22-12-13-25-20-11-5-9-18-8-2-3-10-19(18)20/h2-11,14H,12-13,15H2,1H3,(H2,22,23,24). The van der Waals surface area contributed by atoms with Gasteiger partial charge in [0.05, 0.1) is 6.54 Å². The highest BCUT2D eigenvalue weighted by Crippen LogP contribution is 2.24. The van der Waals surface area contributed by atoms with E-state index in [-0.39, 0.29) is 6.03 Å². The van der Waals surface area contributed by atoms with Crippen LogP contribution in [0.5, 0.6) is 5.75 Å². The van der Waals surface area contributed by atoms with Gasteiger partial charge in [0.25, 0.3) is 0 Å². The number of benzene rings is 3. The molecule has 2 N–H and O–H groups in total. The Labute approximate surface area is 147 Å². The summed E-state index contributed by atoms with van der Waals surface area (Å²) in [6.07, 6.45) is 0. The number of amides is 2. The van der Waals surface area contributed by atoms with E-state index in [0.717, 1.165) is 22.1 Å². The van der Waals surface area contributed by atoms with Crippen molar-refractivity contribution in [2.45, 2.75) is 13.5 Å². The van der Waals surface area contributed by atoms with Crippen molar-refractivity contribution >= 4 is 16.8 Å². The van der Waals surface area contributed by atoms with E-state index < -0.39 is 0 Å². The summed E-state index contributed by atoms with van der Waals surface area (Å²) in [6, 6.07) is 21.9. The molecule has 0 radical (unpaired) electrons. The van der Waals surface area contributed by atoms with Crippen LogP contribution in [-0.2, 0) is 6.54 Å². The van der Waals surface area contributed by atoms with Crippen molar-refractivity contribution in [1.29, 1.82) is 0 Å². The predicted molar refractivity (Wildman–Crippen MR) is 101 cm³/mol. The number of carbonyl (C=O) groups excluding carboxylic acids is 1. The average Bonchev–Trinajstić information content (AvgIpc) is 2.64. The van der Waals surface area contributed by atoms with Crippen molar-refractivity contribution in [1.82, 2.24) is 10.6 Å². The van der Waals surface area contributed by atoms with Crippen LogP contribution < -0.4 is 15.4 Å². The van der Waals surface area contributed by atoms with Crippen molar-refractivity contribution in [2.75, 3.05) is 13.2 Å². The molecule has 0 aliphatic carbocycles. The summed E-state index contributed by atoms with van der Waals surface area (Å²) in [6.45, 7) is 3.42. The fraction of sp³-hybridized carbons (Fsp3) is 0.190. The molecule has 4 nitrogen and oxygen atoms in total.